The van der Waals surface area contributed by atoms with Gasteiger partial charge >= 0.3 is 0 Å². The summed E-state index contributed by atoms with van der Waals surface area (Å²) in [6.07, 6.45) is 1.96. The summed E-state index contributed by atoms with van der Waals surface area (Å²) in [5, 5.41) is 14.9. The molecule has 1 aromatic heterocycles. The smallest absolute Gasteiger partial charge is 0.278 e. The van der Waals surface area contributed by atoms with Crippen molar-refractivity contribution in [3.05, 3.63) is 34.6 Å². The average molecular weight is 386 g/mol. The molecule has 0 spiro atoms. The maximum absolute atomic E-state index is 12.6. The first-order valence-electron chi connectivity index (χ1n) is 7.87. The number of amides is 1. The first-order valence-corrected chi connectivity index (χ1v) is 8.25. The second-order valence-corrected chi connectivity index (χ2v) is 6.18. The molecule has 25 heavy (non-hydrogen) atoms. The molecule has 1 amide bonds. The normalized spacial score (nSPS) is 14.7. The molecule has 7 nitrogen and oxygen atoms in total. The van der Waals surface area contributed by atoms with Crippen LogP contribution in [-0.4, -0.2) is 41.1 Å². The lowest BCUT2D eigenvalue weighted by molar-refractivity contribution is 0.102. The Hall–Kier alpha value is -1.83. The molecule has 1 aliphatic heterocycles. The van der Waals surface area contributed by atoms with E-state index in [9.17, 15) is 4.79 Å². The first-order chi connectivity index (χ1) is 11.6. The van der Waals surface area contributed by atoms with Crippen LogP contribution in [-0.2, 0) is 0 Å². The zero-order valence-electron chi connectivity index (χ0n) is 14.1. The lowest BCUT2D eigenvalue weighted by Gasteiger charge is -2.23. The summed E-state index contributed by atoms with van der Waals surface area (Å²) >= 11 is 6.00. The number of anilines is 1. The standard InChI is InChI=1S/C16H20ClN5O2.ClH/c1-10-15(20-21-22(10)12-5-7-18-8-6-12)16(23)19-13-9-11(17)3-4-14(13)24-2;/h3-4,9,12,18H,5-8H2,1-2H3,(H,19,23);1H. The van der Waals surface area contributed by atoms with Gasteiger partial charge < -0.3 is 15.4 Å². The van der Waals surface area contributed by atoms with Gasteiger partial charge in [0, 0.05) is 5.02 Å². The van der Waals surface area contributed by atoms with Crippen molar-refractivity contribution in [3.63, 3.8) is 0 Å². The monoisotopic (exact) mass is 385 g/mol. The number of ether oxygens (including phenoxy) is 1. The number of nitrogens with one attached hydrogen (secondary N) is 2. The van der Waals surface area contributed by atoms with Gasteiger partial charge in [-0.25, -0.2) is 4.68 Å². The zero-order chi connectivity index (χ0) is 17.1. The highest BCUT2D eigenvalue weighted by Crippen LogP contribution is 2.28. The minimum atomic E-state index is -0.326. The van der Waals surface area contributed by atoms with E-state index in [1.165, 1.54) is 7.11 Å². The molecule has 0 aliphatic carbocycles. The largest absolute Gasteiger partial charge is 0.495 e. The second-order valence-electron chi connectivity index (χ2n) is 5.75. The Balaban J connectivity index is 0.00000225. The third kappa shape index (κ3) is 4.23. The lowest BCUT2D eigenvalue weighted by Crippen LogP contribution is -2.30. The Morgan fingerprint density at radius 2 is 2.12 bits per heavy atom. The van der Waals surface area contributed by atoms with Gasteiger partial charge in [0.05, 0.1) is 24.5 Å². The molecule has 1 aliphatic rings. The van der Waals surface area contributed by atoms with Gasteiger partial charge in [-0.2, -0.15) is 0 Å². The molecule has 2 heterocycles. The minimum absolute atomic E-state index is 0. The highest BCUT2D eigenvalue weighted by molar-refractivity contribution is 6.31. The fourth-order valence-electron chi connectivity index (χ4n) is 2.91. The molecule has 9 heteroatoms. The maximum Gasteiger partial charge on any atom is 0.278 e. The summed E-state index contributed by atoms with van der Waals surface area (Å²) in [4.78, 5) is 12.6. The molecular weight excluding hydrogens is 365 g/mol. The molecule has 1 fully saturated rings. The summed E-state index contributed by atoms with van der Waals surface area (Å²) in [6.45, 7) is 3.77. The zero-order valence-corrected chi connectivity index (χ0v) is 15.7. The Labute approximate surface area is 157 Å². The number of carbonyl (C=O) groups is 1. The van der Waals surface area contributed by atoms with Crippen LogP contribution < -0.4 is 15.4 Å². The number of piperidine rings is 1. The van der Waals surface area contributed by atoms with E-state index in [1.807, 2.05) is 11.6 Å². The fourth-order valence-corrected chi connectivity index (χ4v) is 3.08. The number of rotatable bonds is 4. The first kappa shape index (κ1) is 19.5. The number of carbonyl (C=O) groups excluding carboxylic acids is 1. The van der Waals surface area contributed by atoms with Crippen molar-refractivity contribution in [2.45, 2.75) is 25.8 Å². The lowest BCUT2D eigenvalue weighted by atomic mass is 10.1. The molecule has 0 saturated carbocycles. The van der Waals surface area contributed by atoms with Crippen LogP contribution in [0.3, 0.4) is 0 Å². The number of benzene rings is 1. The number of hydrogen-bond acceptors (Lipinski definition) is 5. The van der Waals surface area contributed by atoms with Crippen molar-refractivity contribution >= 4 is 35.6 Å². The van der Waals surface area contributed by atoms with Crippen molar-refractivity contribution in [1.29, 1.82) is 0 Å². The van der Waals surface area contributed by atoms with Gasteiger partial charge in [0.15, 0.2) is 5.69 Å². The van der Waals surface area contributed by atoms with E-state index in [-0.39, 0.29) is 24.4 Å². The number of methoxy groups -OCH3 is 1. The number of halogens is 2. The molecule has 2 N–H and O–H groups in total. The van der Waals surface area contributed by atoms with E-state index < -0.39 is 0 Å². The van der Waals surface area contributed by atoms with Gasteiger partial charge in [-0.15, -0.1) is 17.5 Å². The highest BCUT2D eigenvalue weighted by Gasteiger charge is 2.23. The third-order valence-electron chi connectivity index (χ3n) is 4.21. The molecular formula is C16H21Cl2N5O2. The summed E-state index contributed by atoms with van der Waals surface area (Å²) in [5.74, 6) is 0.212. The van der Waals surface area contributed by atoms with E-state index in [1.54, 1.807) is 18.2 Å². The minimum Gasteiger partial charge on any atom is -0.495 e. The predicted octanol–water partition coefficient (Wildman–Crippen LogP) is 2.85. The summed E-state index contributed by atoms with van der Waals surface area (Å²) in [7, 11) is 1.54. The van der Waals surface area contributed by atoms with Crippen molar-refractivity contribution in [2.24, 2.45) is 0 Å². The van der Waals surface area contributed by atoms with Gasteiger partial charge in [-0.05, 0) is 51.1 Å². The third-order valence-corrected chi connectivity index (χ3v) is 4.44. The SMILES string of the molecule is COc1ccc(Cl)cc1NC(=O)c1nnn(C2CCNCC2)c1C.Cl. The Kier molecular flexibility index (Phi) is 6.64. The quantitative estimate of drug-likeness (QED) is 0.845. The number of nitrogens with zero attached hydrogens (tertiary/aromatic N) is 3. The number of hydrogen-bond donors (Lipinski definition) is 2. The van der Waals surface area contributed by atoms with Crippen LogP contribution in [0.15, 0.2) is 18.2 Å². The van der Waals surface area contributed by atoms with Crippen LogP contribution >= 0.6 is 24.0 Å². The van der Waals surface area contributed by atoms with Gasteiger partial charge in [0.2, 0.25) is 0 Å². The van der Waals surface area contributed by atoms with E-state index in [4.69, 9.17) is 16.3 Å². The summed E-state index contributed by atoms with van der Waals surface area (Å²) in [5.41, 5.74) is 1.58. The van der Waals surface area contributed by atoms with Crippen LogP contribution in [0, 0.1) is 6.92 Å². The molecule has 0 unspecified atom stereocenters. The fraction of sp³-hybridized carbons (Fsp3) is 0.438. The molecule has 1 aromatic carbocycles. The molecule has 3 rings (SSSR count). The summed E-state index contributed by atoms with van der Waals surface area (Å²) < 4.78 is 7.10. The van der Waals surface area contributed by atoms with Gasteiger partial charge in [-0.1, -0.05) is 16.8 Å². The van der Waals surface area contributed by atoms with Crippen LogP contribution in [0.2, 0.25) is 5.02 Å². The topological polar surface area (TPSA) is 81.1 Å². The van der Waals surface area contributed by atoms with Crippen LogP contribution in [0.1, 0.15) is 35.1 Å². The summed E-state index contributed by atoms with van der Waals surface area (Å²) in [6, 6.07) is 5.33. The molecule has 136 valence electrons. The Morgan fingerprint density at radius 1 is 1.40 bits per heavy atom. The molecule has 0 bridgehead atoms. The van der Waals surface area contributed by atoms with Crippen molar-refractivity contribution in [2.75, 3.05) is 25.5 Å². The molecule has 2 aromatic rings. The average Bonchev–Trinajstić information content (AvgIpc) is 2.97. The van der Waals surface area contributed by atoms with Gasteiger partial charge in [-0.3, -0.25) is 4.79 Å². The maximum atomic E-state index is 12.6. The van der Waals surface area contributed by atoms with E-state index in [2.05, 4.69) is 20.9 Å². The van der Waals surface area contributed by atoms with Gasteiger partial charge in [0.25, 0.3) is 5.91 Å². The predicted molar refractivity (Wildman–Crippen MR) is 99.1 cm³/mol. The second kappa shape index (κ2) is 8.51. The molecule has 0 radical (unpaired) electrons. The van der Waals surface area contributed by atoms with E-state index in [0.29, 0.717) is 22.2 Å². The molecule has 1 saturated heterocycles. The number of aromatic nitrogens is 3. The van der Waals surface area contributed by atoms with Crippen LogP contribution in [0.25, 0.3) is 0 Å². The van der Waals surface area contributed by atoms with Crippen LogP contribution in [0.5, 0.6) is 5.75 Å². The molecule has 0 atom stereocenters. The van der Waals surface area contributed by atoms with Crippen molar-refractivity contribution in [3.8, 4) is 5.75 Å². The van der Waals surface area contributed by atoms with Crippen LogP contribution in [0.4, 0.5) is 5.69 Å². The Morgan fingerprint density at radius 3 is 2.80 bits per heavy atom. The van der Waals surface area contributed by atoms with Gasteiger partial charge in [0.1, 0.15) is 5.75 Å². The van der Waals surface area contributed by atoms with E-state index in [0.717, 1.165) is 31.6 Å². The van der Waals surface area contributed by atoms with Crippen molar-refractivity contribution < 1.29 is 9.53 Å². The van der Waals surface area contributed by atoms with Crippen molar-refractivity contribution in [1.82, 2.24) is 20.3 Å². The Bertz CT molecular complexity index is 744. The van der Waals surface area contributed by atoms with E-state index >= 15 is 0 Å². The highest BCUT2D eigenvalue weighted by atomic mass is 35.5.